The number of methoxy groups -OCH3 is 1. The maximum Gasteiger partial charge on any atom is 0.416 e. The molecule has 3 rings (SSSR count). The summed E-state index contributed by atoms with van der Waals surface area (Å²) in [6.07, 6.45) is -2.53. The number of ether oxygens (including phenoxy) is 2. The third kappa shape index (κ3) is 5.77. The minimum Gasteiger partial charge on any atom is -0.383 e. The van der Waals surface area contributed by atoms with Gasteiger partial charge >= 0.3 is 6.18 Å². The summed E-state index contributed by atoms with van der Waals surface area (Å²) in [7, 11) is 1.48. The molecule has 1 saturated heterocycles. The first-order valence-corrected chi connectivity index (χ1v) is 10.4. The van der Waals surface area contributed by atoms with Gasteiger partial charge in [-0.05, 0) is 32.4 Å². The largest absolute Gasteiger partial charge is 0.416 e. The van der Waals surface area contributed by atoms with E-state index in [4.69, 9.17) is 15.2 Å². The second-order valence-corrected chi connectivity index (χ2v) is 8.77. The van der Waals surface area contributed by atoms with Crippen LogP contribution in [0.1, 0.15) is 44.1 Å². The quantitative estimate of drug-likeness (QED) is 0.562. The molecule has 33 heavy (non-hydrogen) atoms. The summed E-state index contributed by atoms with van der Waals surface area (Å²) >= 11 is 0. The Balaban J connectivity index is 1.83. The molecule has 0 aromatic carbocycles. The third-order valence-corrected chi connectivity index (χ3v) is 5.65. The van der Waals surface area contributed by atoms with Gasteiger partial charge in [0, 0.05) is 13.8 Å². The molecule has 3 N–H and O–H groups in total. The van der Waals surface area contributed by atoms with Crippen molar-refractivity contribution in [1.82, 2.24) is 24.8 Å². The zero-order valence-electron chi connectivity index (χ0n) is 18.9. The van der Waals surface area contributed by atoms with Crippen LogP contribution < -0.4 is 11.1 Å². The Bertz CT molecular complexity index is 951. The van der Waals surface area contributed by atoms with Crippen LogP contribution in [0.3, 0.4) is 0 Å². The third-order valence-electron chi connectivity index (χ3n) is 5.65. The maximum atomic E-state index is 13.9. The van der Waals surface area contributed by atoms with Crippen molar-refractivity contribution in [2.75, 3.05) is 33.5 Å². The topological polar surface area (TPSA) is 89.9 Å². The second-order valence-electron chi connectivity index (χ2n) is 8.77. The van der Waals surface area contributed by atoms with E-state index in [0.29, 0.717) is 16.9 Å². The Labute approximate surface area is 188 Å². The summed E-state index contributed by atoms with van der Waals surface area (Å²) in [6, 6.07) is 0.219. The molecule has 0 amide bonds. The van der Waals surface area contributed by atoms with Gasteiger partial charge < -0.3 is 15.2 Å². The number of hydrogen-bond donors (Lipinski definition) is 2. The average Bonchev–Trinajstić information content (AvgIpc) is 3.12. The van der Waals surface area contributed by atoms with Gasteiger partial charge in [0.25, 0.3) is 5.92 Å². The molecular formula is C20H29F5N6O2. The molecule has 3 heterocycles. The highest BCUT2D eigenvalue weighted by Gasteiger charge is 2.50. The smallest absolute Gasteiger partial charge is 0.383 e. The van der Waals surface area contributed by atoms with Crippen LogP contribution in [-0.4, -0.2) is 76.8 Å². The minimum absolute atomic E-state index is 0.153. The van der Waals surface area contributed by atoms with Crippen LogP contribution >= 0.6 is 0 Å². The van der Waals surface area contributed by atoms with Crippen molar-refractivity contribution < 1.29 is 31.4 Å². The molecule has 186 valence electrons. The average molecular weight is 480 g/mol. The predicted molar refractivity (Wildman–Crippen MR) is 110 cm³/mol. The molecule has 1 unspecified atom stereocenters. The SMILES string of the molecule is COC[C@H](c1cnn2cc([C@@H](N)C(C)OC(C)(C)C(F)(F)F)nc2c1)N1CNCC(F)(F)C1. The van der Waals surface area contributed by atoms with Gasteiger partial charge in [-0.25, -0.2) is 18.3 Å². The molecule has 1 fully saturated rings. The summed E-state index contributed by atoms with van der Waals surface area (Å²) in [4.78, 5) is 5.95. The van der Waals surface area contributed by atoms with Crippen molar-refractivity contribution in [1.29, 1.82) is 0 Å². The van der Waals surface area contributed by atoms with Crippen molar-refractivity contribution in [3.8, 4) is 0 Å². The number of nitrogens with zero attached hydrogens (tertiary/aromatic N) is 4. The van der Waals surface area contributed by atoms with Crippen molar-refractivity contribution >= 4 is 5.65 Å². The van der Waals surface area contributed by atoms with Gasteiger partial charge in [-0.2, -0.15) is 18.3 Å². The number of halogens is 5. The summed E-state index contributed by atoms with van der Waals surface area (Å²) in [6.45, 7) is 2.88. The summed E-state index contributed by atoms with van der Waals surface area (Å²) < 4.78 is 79.1. The first-order valence-electron chi connectivity index (χ1n) is 10.4. The zero-order chi connectivity index (χ0) is 24.6. The lowest BCUT2D eigenvalue weighted by Gasteiger charge is -2.38. The van der Waals surface area contributed by atoms with E-state index in [1.54, 1.807) is 11.0 Å². The number of hydrogen-bond acceptors (Lipinski definition) is 7. The highest BCUT2D eigenvalue weighted by atomic mass is 19.4. The van der Waals surface area contributed by atoms with Gasteiger partial charge in [0.05, 0.1) is 56.0 Å². The first-order chi connectivity index (χ1) is 15.2. The standard InChI is InChI=1S/C20H29F5N6O2/c1-12(33-18(2,3)20(23,24)25)17(26)14-7-31-16(29-14)5-13(6-28-31)15(8-32-4)30-10-19(21,22)9-27-11-30/h5-7,12,15,17,27H,8-11,26H2,1-4H3/t12?,15-,17+/m1/s1. The fraction of sp³-hybridized carbons (Fsp3) is 0.700. The molecule has 8 nitrogen and oxygen atoms in total. The molecule has 0 bridgehead atoms. The molecule has 3 atom stereocenters. The van der Waals surface area contributed by atoms with Crippen molar-refractivity contribution in [2.24, 2.45) is 5.73 Å². The first kappa shape index (κ1) is 25.7. The molecule has 1 aliphatic heterocycles. The summed E-state index contributed by atoms with van der Waals surface area (Å²) in [5.74, 6) is -2.88. The van der Waals surface area contributed by atoms with Gasteiger partial charge in [0.1, 0.15) is 0 Å². The van der Waals surface area contributed by atoms with Gasteiger partial charge in [-0.1, -0.05) is 0 Å². The Morgan fingerprint density at radius 1 is 1.30 bits per heavy atom. The zero-order valence-corrected chi connectivity index (χ0v) is 18.9. The number of imidazole rings is 1. The molecule has 2 aromatic heterocycles. The highest BCUT2D eigenvalue weighted by Crippen LogP contribution is 2.35. The van der Waals surface area contributed by atoms with E-state index < -0.39 is 49.0 Å². The molecule has 0 aliphatic carbocycles. The number of aromatic nitrogens is 3. The van der Waals surface area contributed by atoms with Crippen LogP contribution in [0.2, 0.25) is 0 Å². The molecule has 13 heteroatoms. The lowest BCUT2D eigenvalue weighted by atomic mass is 10.1. The van der Waals surface area contributed by atoms with Crippen LogP contribution in [0.5, 0.6) is 0 Å². The summed E-state index contributed by atoms with van der Waals surface area (Å²) in [5.41, 5.74) is 5.02. The predicted octanol–water partition coefficient (Wildman–Crippen LogP) is 2.66. The van der Waals surface area contributed by atoms with E-state index in [0.717, 1.165) is 13.8 Å². The van der Waals surface area contributed by atoms with Crippen molar-refractivity contribution in [2.45, 2.75) is 56.7 Å². The van der Waals surface area contributed by atoms with Crippen LogP contribution in [0.4, 0.5) is 22.0 Å². The fourth-order valence-electron chi connectivity index (χ4n) is 3.68. The van der Waals surface area contributed by atoms with E-state index in [1.807, 2.05) is 0 Å². The van der Waals surface area contributed by atoms with Crippen LogP contribution in [0.25, 0.3) is 5.65 Å². The van der Waals surface area contributed by atoms with E-state index >= 15 is 0 Å². The highest BCUT2D eigenvalue weighted by molar-refractivity contribution is 5.42. The van der Waals surface area contributed by atoms with E-state index in [2.05, 4.69) is 15.4 Å². The van der Waals surface area contributed by atoms with E-state index in [9.17, 15) is 22.0 Å². The second kappa shape index (κ2) is 9.37. The van der Waals surface area contributed by atoms with Gasteiger partial charge in [0.2, 0.25) is 0 Å². The maximum absolute atomic E-state index is 13.9. The molecule has 2 aromatic rings. The Kier molecular flexibility index (Phi) is 7.30. The Morgan fingerprint density at radius 2 is 2.00 bits per heavy atom. The number of nitrogens with two attached hydrogens (primary N) is 1. The number of fused-ring (bicyclic) bond motifs is 1. The van der Waals surface area contributed by atoms with Gasteiger partial charge in [-0.15, -0.1) is 0 Å². The minimum atomic E-state index is -4.56. The molecule has 0 spiro atoms. The number of alkyl halides is 5. The van der Waals surface area contributed by atoms with E-state index in [-0.39, 0.29) is 13.3 Å². The van der Waals surface area contributed by atoms with Crippen LogP contribution in [0, 0.1) is 0 Å². The number of rotatable bonds is 8. The lowest BCUT2D eigenvalue weighted by molar-refractivity contribution is -0.277. The monoisotopic (exact) mass is 480 g/mol. The van der Waals surface area contributed by atoms with Gasteiger partial charge in [0.15, 0.2) is 11.2 Å². The van der Waals surface area contributed by atoms with Crippen LogP contribution in [-0.2, 0) is 9.47 Å². The van der Waals surface area contributed by atoms with Crippen molar-refractivity contribution in [3.05, 3.63) is 29.7 Å². The number of nitrogens with one attached hydrogen (secondary N) is 1. The van der Waals surface area contributed by atoms with Gasteiger partial charge in [-0.3, -0.25) is 10.2 Å². The Hall–Kier alpha value is -1.93. The Morgan fingerprint density at radius 3 is 2.61 bits per heavy atom. The van der Waals surface area contributed by atoms with Crippen molar-refractivity contribution in [3.63, 3.8) is 0 Å². The normalized spacial score (nSPS) is 20.7. The molecule has 1 aliphatic rings. The molecular weight excluding hydrogens is 451 g/mol. The fourth-order valence-corrected chi connectivity index (χ4v) is 3.68. The molecule has 0 radical (unpaired) electrons. The summed E-state index contributed by atoms with van der Waals surface area (Å²) in [5, 5.41) is 6.98. The molecule has 0 saturated carbocycles. The van der Waals surface area contributed by atoms with E-state index in [1.165, 1.54) is 30.9 Å². The lowest BCUT2D eigenvalue weighted by Crippen LogP contribution is -2.55. The van der Waals surface area contributed by atoms with Crippen LogP contribution in [0.15, 0.2) is 18.5 Å².